The SMILES string of the molecule is COc1ccc(COc2c(F)cc(C(=O)NCC3CCC(N)CC3)cc2F)cc1. The van der Waals surface area contributed by atoms with Crippen molar-refractivity contribution in [3.63, 3.8) is 0 Å². The molecule has 7 heteroatoms. The van der Waals surface area contributed by atoms with Gasteiger partial charge in [-0.15, -0.1) is 0 Å². The number of hydrogen-bond donors (Lipinski definition) is 2. The zero-order valence-electron chi connectivity index (χ0n) is 16.4. The number of methoxy groups -OCH3 is 1. The zero-order valence-corrected chi connectivity index (χ0v) is 16.4. The molecular weight excluding hydrogens is 378 g/mol. The highest BCUT2D eigenvalue weighted by Gasteiger charge is 2.21. The quantitative estimate of drug-likeness (QED) is 0.736. The van der Waals surface area contributed by atoms with Gasteiger partial charge in [0, 0.05) is 18.2 Å². The fourth-order valence-electron chi connectivity index (χ4n) is 3.44. The summed E-state index contributed by atoms with van der Waals surface area (Å²) in [5.41, 5.74) is 6.55. The highest BCUT2D eigenvalue weighted by atomic mass is 19.1. The lowest BCUT2D eigenvalue weighted by molar-refractivity contribution is 0.0942. The number of amides is 1. The van der Waals surface area contributed by atoms with Gasteiger partial charge in [-0.05, 0) is 61.4 Å². The van der Waals surface area contributed by atoms with Crippen molar-refractivity contribution in [2.45, 2.75) is 38.3 Å². The van der Waals surface area contributed by atoms with Gasteiger partial charge >= 0.3 is 0 Å². The molecule has 0 radical (unpaired) electrons. The van der Waals surface area contributed by atoms with Crippen LogP contribution in [0, 0.1) is 17.6 Å². The molecule has 0 atom stereocenters. The molecule has 0 aromatic heterocycles. The third-order valence-electron chi connectivity index (χ3n) is 5.25. The molecule has 0 spiro atoms. The number of carbonyl (C=O) groups excluding carboxylic acids is 1. The maximum atomic E-state index is 14.4. The summed E-state index contributed by atoms with van der Waals surface area (Å²) in [4.78, 5) is 12.3. The first kappa shape index (κ1) is 21.0. The van der Waals surface area contributed by atoms with Crippen LogP contribution in [-0.4, -0.2) is 25.6 Å². The van der Waals surface area contributed by atoms with Gasteiger partial charge in [-0.25, -0.2) is 8.78 Å². The van der Waals surface area contributed by atoms with Gasteiger partial charge < -0.3 is 20.5 Å². The third-order valence-corrected chi connectivity index (χ3v) is 5.25. The second-order valence-corrected chi connectivity index (χ2v) is 7.40. The number of rotatable bonds is 7. The van der Waals surface area contributed by atoms with Gasteiger partial charge in [-0.1, -0.05) is 12.1 Å². The Labute approximate surface area is 169 Å². The molecule has 3 rings (SSSR count). The third kappa shape index (κ3) is 5.67. The molecule has 156 valence electrons. The van der Waals surface area contributed by atoms with E-state index in [1.54, 1.807) is 31.4 Å². The van der Waals surface area contributed by atoms with Crippen LogP contribution in [0.4, 0.5) is 8.78 Å². The molecular formula is C22H26F2N2O3. The molecule has 2 aromatic carbocycles. The molecule has 29 heavy (non-hydrogen) atoms. The van der Waals surface area contributed by atoms with E-state index in [1.807, 2.05) is 0 Å². The predicted molar refractivity (Wildman–Crippen MR) is 106 cm³/mol. The molecule has 2 aromatic rings. The minimum absolute atomic E-state index is 0.00675. The van der Waals surface area contributed by atoms with E-state index in [9.17, 15) is 13.6 Å². The molecule has 1 fully saturated rings. The summed E-state index contributed by atoms with van der Waals surface area (Å²) in [5, 5.41) is 2.76. The van der Waals surface area contributed by atoms with Crippen molar-refractivity contribution < 1.29 is 23.0 Å². The highest BCUT2D eigenvalue weighted by molar-refractivity contribution is 5.94. The first-order valence-electron chi connectivity index (χ1n) is 9.75. The predicted octanol–water partition coefficient (Wildman–Crippen LogP) is 3.80. The summed E-state index contributed by atoms with van der Waals surface area (Å²) in [7, 11) is 1.55. The van der Waals surface area contributed by atoms with Crippen molar-refractivity contribution in [3.8, 4) is 11.5 Å². The Kier molecular flexibility index (Phi) is 7.04. The van der Waals surface area contributed by atoms with Crippen molar-refractivity contribution in [1.82, 2.24) is 5.32 Å². The first-order valence-corrected chi connectivity index (χ1v) is 9.75. The zero-order chi connectivity index (χ0) is 20.8. The maximum absolute atomic E-state index is 14.4. The van der Waals surface area contributed by atoms with E-state index in [4.69, 9.17) is 15.2 Å². The molecule has 1 amide bonds. The molecule has 5 nitrogen and oxygen atoms in total. The lowest BCUT2D eigenvalue weighted by Crippen LogP contribution is -2.34. The molecule has 0 heterocycles. The van der Waals surface area contributed by atoms with Crippen molar-refractivity contribution in [2.24, 2.45) is 11.7 Å². The van der Waals surface area contributed by atoms with Crippen molar-refractivity contribution in [3.05, 3.63) is 59.2 Å². The number of benzene rings is 2. The summed E-state index contributed by atoms with van der Waals surface area (Å²) in [6.45, 7) is 0.470. The second-order valence-electron chi connectivity index (χ2n) is 7.40. The van der Waals surface area contributed by atoms with Crippen LogP contribution in [0.15, 0.2) is 36.4 Å². The van der Waals surface area contributed by atoms with Crippen LogP contribution in [0.1, 0.15) is 41.6 Å². The van der Waals surface area contributed by atoms with E-state index in [-0.39, 0.29) is 18.2 Å². The molecule has 0 bridgehead atoms. The molecule has 1 aliphatic rings. The second kappa shape index (κ2) is 9.69. The first-order chi connectivity index (χ1) is 14.0. The van der Waals surface area contributed by atoms with E-state index < -0.39 is 23.3 Å². The van der Waals surface area contributed by atoms with Gasteiger partial charge in [0.1, 0.15) is 12.4 Å². The normalized spacial score (nSPS) is 18.9. The minimum atomic E-state index is -0.910. The molecule has 1 saturated carbocycles. The monoisotopic (exact) mass is 404 g/mol. The largest absolute Gasteiger partial charge is 0.497 e. The van der Waals surface area contributed by atoms with Gasteiger partial charge in [0.05, 0.1) is 7.11 Å². The van der Waals surface area contributed by atoms with E-state index in [1.165, 1.54) is 0 Å². The molecule has 1 aliphatic carbocycles. The molecule has 0 saturated heterocycles. The van der Waals surface area contributed by atoms with Crippen LogP contribution in [-0.2, 0) is 6.61 Å². The molecule has 0 unspecified atom stereocenters. The van der Waals surface area contributed by atoms with E-state index in [2.05, 4.69) is 5.32 Å². The number of nitrogens with one attached hydrogen (secondary N) is 1. The smallest absolute Gasteiger partial charge is 0.251 e. The molecule has 3 N–H and O–H groups in total. The fraction of sp³-hybridized carbons (Fsp3) is 0.409. The minimum Gasteiger partial charge on any atom is -0.497 e. The van der Waals surface area contributed by atoms with Crippen LogP contribution in [0.3, 0.4) is 0 Å². The average molecular weight is 404 g/mol. The number of nitrogens with two attached hydrogens (primary N) is 1. The van der Waals surface area contributed by atoms with E-state index in [0.717, 1.165) is 43.4 Å². The van der Waals surface area contributed by atoms with Crippen molar-refractivity contribution in [1.29, 1.82) is 0 Å². The van der Waals surface area contributed by atoms with E-state index in [0.29, 0.717) is 18.2 Å². The number of carbonyl (C=O) groups is 1. The Hall–Kier alpha value is -2.67. The number of halogens is 2. The van der Waals surface area contributed by atoms with Gasteiger partial charge in [-0.3, -0.25) is 4.79 Å². The Morgan fingerprint density at radius 1 is 1.10 bits per heavy atom. The Balaban J connectivity index is 1.58. The van der Waals surface area contributed by atoms with Gasteiger partial charge in [0.2, 0.25) is 0 Å². The Morgan fingerprint density at radius 2 is 1.72 bits per heavy atom. The standard InChI is InChI=1S/C22H26F2N2O3/c1-28-18-8-4-15(5-9-18)13-29-21-19(23)10-16(11-20(21)24)22(27)26-12-14-2-6-17(25)7-3-14/h4-5,8-11,14,17H,2-3,6-7,12-13,25H2,1H3,(H,26,27). The van der Waals surface area contributed by atoms with Crippen LogP contribution < -0.4 is 20.5 Å². The van der Waals surface area contributed by atoms with Crippen molar-refractivity contribution >= 4 is 5.91 Å². The van der Waals surface area contributed by atoms with Crippen molar-refractivity contribution in [2.75, 3.05) is 13.7 Å². The Bertz CT molecular complexity index is 811. The summed E-state index contributed by atoms with van der Waals surface area (Å²) in [5.74, 6) is -1.80. The van der Waals surface area contributed by atoms with Crippen LogP contribution in [0.2, 0.25) is 0 Å². The lowest BCUT2D eigenvalue weighted by Gasteiger charge is -2.26. The average Bonchev–Trinajstić information content (AvgIpc) is 2.72. The van der Waals surface area contributed by atoms with Crippen LogP contribution in [0.5, 0.6) is 11.5 Å². The number of hydrogen-bond acceptors (Lipinski definition) is 4. The van der Waals surface area contributed by atoms with Gasteiger partial charge in [-0.2, -0.15) is 0 Å². The highest BCUT2D eigenvalue weighted by Crippen LogP contribution is 2.25. The van der Waals surface area contributed by atoms with E-state index >= 15 is 0 Å². The van der Waals surface area contributed by atoms with Crippen LogP contribution >= 0.6 is 0 Å². The van der Waals surface area contributed by atoms with Gasteiger partial charge in [0.25, 0.3) is 5.91 Å². The maximum Gasteiger partial charge on any atom is 0.251 e. The van der Waals surface area contributed by atoms with Gasteiger partial charge in [0.15, 0.2) is 17.4 Å². The lowest BCUT2D eigenvalue weighted by atomic mass is 9.86. The summed E-state index contributed by atoms with van der Waals surface area (Å²) in [6, 6.07) is 9.19. The topological polar surface area (TPSA) is 73.6 Å². The number of ether oxygens (including phenoxy) is 2. The summed E-state index contributed by atoms with van der Waals surface area (Å²) < 4.78 is 39.1. The fourth-order valence-corrected chi connectivity index (χ4v) is 3.44. The summed E-state index contributed by atoms with van der Waals surface area (Å²) in [6.07, 6.45) is 3.76. The Morgan fingerprint density at radius 3 is 2.31 bits per heavy atom. The molecule has 0 aliphatic heterocycles. The summed E-state index contributed by atoms with van der Waals surface area (Å²) >= 11 is 0. The van der Waals surface area contributed by atoms with Crippen LogP contribution in [0.25, 0.3) is 0 Å².